The molecule has 3 N–H and O–H groups in total. The molecule has 5 heteroatoms. The highest BCUT2D eigenvalue weighted by molar-refractivity contribution is 5.66. The average molecular weight is 177 g/mol. The lowest BCUT2D eigenvalue weighted by Gasteiger charge is -2.12. The minimum Gasteiger partial charge on any atom is -0.447 e. The number of ether oxygens (including phenoxy) is 1. The second-order valence-corrected chi connectivity index (χ2v) is 2.59. The Morgan fingerprint density at radius 2 is 2.17 bits per heavy atom. The smallest absolute Gasteiger partial charge is 0.406 e. The van der Waals surface area contributed by atoms with Crippen molar-refractivity contribution in [3.05, 3.63) is 0 Å². The maximum atomic E-state index is 10.5. The Morgan fingerprint density at radius 3 is 2.58 bits per heavy atom. The fraction of sp³-hybridized carbons (Fsp3) is 0.857. The van der Waals surface area contributed by atoms with E-state index in [-0.39, 0.29) is 13.0 Å². The lowest BCUT2D eigenvalue weighted by Crippen LogP contribution is -2.26. The Hall–Kier alpha value is -0.810. The summed E-state index contributed by atoms with van der Waals surface area (Å²) in [5.41, 5.74) is 0. The van der Waals surface area contributed by atoms with Gasteiger partial charge >= 0.3 is 6.09 Å². The van der Waals surface area contributed by atoms with Gasteiger partial charge in [-0.3, -0.25) is 0 Å². The van der Waals surface area contributed by atoms with Crippen molar-refractivity contribution in [1.29, 1.82) is 0 Å². The van der Waals surface area contributed by atoms with Gasteiger partial charge in [0.15, 0.2) is 0 Å². The van der Waals surface area contributed by atoms with Crippen molar-refractivity contribution in [2.45, 2.75) is 25.6 Å². The topological polar surface area (TPSA) is 78.8 Å². The predicted molar refractivity (Wildman–Crippen MR) is 42.7 cm³/mol. The largest absolute Gasteiger partial charge is 0.447 e. The van der Waals surface area contributed by atoms with Crippen molar-refractivity contribution in [3.8, 4) is 0 Å². The molecule has 0 heterocycles. The Labute approximate surface area is 71.3 Å². The molecule has 0 aliphatic rings. The molecule has 2 atom stereocenters. The molecule has 0 spiro atoms. The number of aliphatic hydroxyl groups is 2. The monoisotopic (exact) mass is 177 g/mol. The summed E-state index contributed by atoms with van der Waals surface area (Å²) in [4.78, 5) is 10.5. The zero-order valence-corrected chi connectivity index (χ0v) is 7.28. The first kappa shape index (κ1) is 11.2. The van der Waals surface area contributed by atoms with Gasteiger partial charge in [0.25, 0.3) is 0 Å². The van der Waals surface area contributed by atoms with E-state index >= 15 is 0 Å². The molecule has 72 valence electrons. The Morgan fingerprint density at radius 1 is 1.58 bits per heavy atom. The summed E-state index contributed by atoms with van der Waals surface area (Å²) in [6, 6.07) is 0. The second-order valence-electron chi connectivity index (χ2n) is 2.59. The number of carbonyl (C=O) groups is 1. The number of aliphatic hydroxyl groups excluding tert-OH is 2. The highest BCUT2D eigenvalue weighted by Gasteiger charge is 2.09. The molecular formula is C7H15NO4. The molecule has 0 aromatic carbocycles. The molecule has 0 aliphatic heterocycles. The molecule has 0 saturated carbocycles. The maximum Gasteiger partial charge on any atom is 0.406 e. The van der Waals surface area contributed by atoms with Gasteiger partial charge in [-0.05, 0) is 6.92 Å². The minimum atomic E-state index is -0.803. The highest BCUT2D eigenvalue weighted by atomic mass is 16.6. The molecule has 0 bridgehead atoms. The van der Waals surface area contributed by atoms with Crippen LogP contribution in [-0.4, -0.2) is 42.2 Å². The normalized spacial score (nSPS) is 15.0. The molecule has 5 nitrogen and oxygen atoms in total. The predicted octanol–water partition coefficient (Wildman–Crippen LogP) is -0.526. The highest BCUT2D eigenvalue weighted by Crippen LogP contribution is 1.97. The Kier molecular flexibility index (Phi) is 5.40. The van der Waals surface area contributed by atoms with Crippen LogP contribution in [0.3, 0.4) is 0 Å². The van der Waals surface area contributed by atoms with Gasteiger partial charge < -0.3 is 20.3 Å². The number of hydrogen-bond donors (Lipinski definition) is 3. The number of rotatable bonds is 4. The van der Waals surface area contributed by atoms with Gasteiger partial charge in [0.2, 0.25) is 0 Å². The van der Waals surface area contributed by atoms with Crippen LogP contribution in [0.1, 0.15) is 13.3 Å². The van der Waals surface area contributed by atoms with Gasteiger partial charge in [0.1, 0.15) is 6.61 Å². The molecular weight excluding hydrogens is 162 g/mol. The maximum absolute atomic E-state index is 10.5. The van der Waals surface area contributed by atoms with Crippen molar-refractivity contribution in [2.24, 2.45) is 0 Å². The number of amides is 1. The van der Waals surface area contributed by atoms with Crippen LogP contribution in [-0.2, 0) is 4.74 Å². The van der Waals surface area contributed by atoms with Crippen molar-refractivity contribution >= 4 is 6.09 Å². The standard InChI is InChI=1S/C7H15NO4/c1-5(9)3-6(10)4-12-7(11)8-2/h5-6,9-10H,3-4H2,1-2H3,(H,8,11). The summed E-state index contributed by atoms with van der Waals surface area (Å²) in [7, 11) is 1.43. The fourth-order valence-corrected chi connectivity index (χ4v) is 0.706. The summed E-state index contributed by atoms with van der Waals surface area (Å²) < 4.78 is 4.54. The van der Waals surface area contributed by atoms with Crippen LogP contribution < -0.4 is 5.32 Å². The Bertz CT molecular complexity index is 137. The first-order chi connectivity index (χ1) is 5.56. The third kappa shape index (κ3) is 5.94. The summed E-state index contributed by atoms with van der Waals surface area (Å²) >= 11 is 0. The third-order valence-electron chi connectivity index (χ3n) is 1.22. The first-order valence-corrected chi connectivity index (χ1v) is 3.77. The van der Waals surface area contributed by atoms with Crippen LogP contribution in [0.25, 0.3) is 0 Å². The second kappa shape index (κ2) is 5.79. The number of alkyl carbamates (subject to hydrolysis) is 1. The summed E-state index contributed by atoms with van der Waals surface area (Å²) in [6.07, 6.45) is -1.77. The van der Waals surface area contributed by atoms with Gasteiger partial charge in [-0.1, -0.05) is 0 Å². The number of carbonyl (C=O) groups excluding carboxylic acids is 1. The molecule has 0 aromatic rings. The summed E-state index contributed by atoms with van der Waals surface area (Å²) in [5.74, 6) is 0. The average Bonchev–Trinajstić information content (AvgIpc) is 1.99. The third-order valence-corrected chi connectivity index (χ3v) is 1.22. The zero-order chi connectivity index (χ0) is 9.56. The van der Waals surface area contributed by atoms with E-state index in [9.17, 15) is 4.79 Å². The van der Waals surface area contributed by atoms with Crippen LogP contribution in [0.15, 0.2) is 0 Å². The van der Waals surface area contributed by atoms with E-state index in [4.69, 9.17) is 10.2 Å². The van der Waals surface area contributed by atoms with Gasteiger partial charge in [0, 0.05) is 13.5 Å². The van der Waals surface area contributed by atoms with Crippen molar-refractivity contribution < 1.29 is 19.7 Å². The van der Waals surface area contributed by atoms with Crippen molar-refractivity contribution in [2.75, 3.05) is 13.7 Å². The zero-order valence-electron chi connectivity index (χ0n) is 7.28. The van der Waals surface area contributed by atoms with E-state index in [1.165, 1.54) is 7.05 Å². The van der Waals surface area contributed by atoms with Crippen LogP contribution in [0.5, 0.6) is 0 Å². The van der Waals surface area contributed by atoms with Gasteiger partial charge in [-0.15, -0.1) is 0 Å². The van der Waals surface area contributed by atoms with E-state index in [1.807, 2.05) is 0 Å². The quantitative estimate of drug-likeness (QED) is 0.539. The number of hydrogen-bond acceptors (Lipinski definition) is 4. The first-order valence-electron chi connectivity index (χ1n) is 3.77. The van der Waals surface area contributed by atoms with E-state index in [1.54, 1.807) is 6.92 Å². The lowest BCUT2D eigenvalue weighted by molar-refractivity contribution is 0.0358. The Balaban J connectivity index is 3.43. The number of nitrogens with one attached hydrogen (secondary N) is 1. The van der Waals surface area contributed by atoms with E-state index in [0.717, 1.165) is 0 Å². The van der Waals surface area contributed by atoms with Gasteiger partial charge in [-0.25, -0.2) is 4.79 Å². The SMILES string of the molecule is CNC(=O)OCC(O)CC(C)O. The summed E-state index contributed by atoms with van der Waals surface area (Å²) in [5, 5.41) is 20.2. The van der Waals surface area contributed by atoms with E-state index in [2.05, 4.69) is 10.1 Å². The van der Waals surface area contributed by atoms with Crippen LogP contribution in [0.4, 0.5) is 4.79 Å². The molecule has 0 saturated heterocycles. The molecule has 2 unspecified atom stereocenters. The molecule has 0 rings (SSSR count). The van der Waals surface area contributed by atoms with Crippen molar-refractivity contribution in [1.82, 2.24) is 5.32 Å². The van der Waals surface area contributed by atoms with Crippen LogP contribution in [0.2, 0.25) is 0 Å². The van der Waals surface area contributed by atoms with Crippen LogP contribution in [0, 0.1) is 0 Å². The molecule has 12 heavy (non-hydrogen) atoms. The van der Waals surface area contributed by atoms with Crippen LogP contribution >= 0.6 is 0 Å². The molecule has 0 fully saturated rings. The molecule has 0 aliphatic carbocycles. The molecule has 0 aromatic heterocycles. The summed E-state index contributed by atoms with van der Waals surface area (Å²) in [6.45, 7) is 1.47. The molecule has 0 radical (unpaired) electrons. The van der Waals surface area contributed by atoms with Crippen molar-refractivity contribution in [3.63, 3.8) is 0 Å². The molecule has 1 amide bonds. The fourth-order valence-electron chi connectivity index (χ4n) is 0.706. The van der Waals surface area contributed by atoms with Gasteiger partial charge in [0.05, 0.1) is 12.2 Å². The minimum absolute atomic E-state index is 0.0927. The lowest BCUT2D eigenvalue weighted by atomic mass is 10.2. The van der Waals surface area contributed by atoms with E-state index < -0.39 is 18.3 Å². The van der Waals surface area contributed by atoms with Gasteiger partial charge in [-0.2, -0.15) is 0 Å². The van der Waals surface area contributed by atoms with E-state index in [0.29, 0.717) is 0 Å².